The van der Waals surface area contributed by atoms with Gasteiger partial charge in [-0.1, -0.05) is 6.92 Å². The molecular weight excluding hydrogens is 294 g/mol. The van der Waals surface area contributed by atoms with Crippen LogP contribution in [-0.2, 0) is 20.8 Å². The van der Waals surface area contributed by atoms with E-state index in [1.807, 2.05) is 0 Å². The van der Waals surface area contributed by atoms with Crippen LogP contribution in [0.3, 0.4) is 0 Å². The third-order valence-electron chi connectivity index (χ3n) is 2.31. The highest BCUT2D eigenvalue weighted by Crippen LogP contribution is 2.17. The van der Waals surface area contributed by atoms with Gasteiger partial charge in [0.2, 0.25) is 10.0 Å². The summed E-state index contributed by atoms with van der Waals surface area (Å²) in [5.41, 5.74) is -0.414. The number of nitrogens with one attached hydrogen (secondary N) is 2. The molecule has 1 aromatic heterocycles. The van der Waals surface area contributed by atoms with Gasteiger partial charge < -0.3 is 5.11 Å². The van der Waals surface area contributed by atoms with Gasteiger partial charge in [-0.25, -0.2) is 17.9 Å². The zero-order valence-corrected chi connectivity index (χ0v) is 12.1. The Balaban J connectivity index is 2.92. The molecule has 0 spiro atoms. The third kappa shape index (κ3) is 3.85. The molecule has 1 unspecified atom stereocenters. The summed E-state index contributed by atoms with van der Waals surface area (Å²) in [7, 11) is -5.08. The molecule has 8 nitrogen and oxygen atoms in total. The molecule has 0 saturated heterocycles. The molecule has 0 amide bonds. The molecule has 0 saturated carbocycles. The fourth-order valence-corrected chi connectivity index (χ4v) is 3.50. The van der Waals surface area contributed by atoms with Gasteiger partial charge in [0, 0.05) is 28.9 Å². The van der Waals surface area contributed by atoms with Crippen molar-refractivity contribution in [1.82, 2.24) is 14.9 Å². The number of aromatic nitrogens is 2. The van der Waals surface area contributed by atoms with E-state index in [0.29, 0.717) is 5.75 Å². The second kappa shape index (κ2) is 6.26. The van der Waals surface area contributed by atoms with E-state index in [9.17, 15) is 17.4 Å². The van der Waals surface area contributed by atoms with E-state index in [2.05, 4.69) is 14.9 Å². The van der Waals surface area contributed by atoms with Gasteiger partial charge in [0.25, 0.3) is 0 Å². The average molecular weight is 309 g/mol. The van der Waals surface area contributed by atoms with Crippen molar-refractivity contribution < 1.29 is 22.5 Å². The van der Waals surface area contributed by atoms with Crippen LogP contribution >= 0.6 is 0 Å². The molecule has 1 atom stereocenters. The van der Waals surface area contributed by atoms with Gasteiger partial charge in [0.15, 0.2) is 5.69 Å². The summed E-state index contributed by atoms with van der Waals surface area (Å²) in [6.07, 6.45) is 0. The first kappa shape index (κ1) is 15.8. The number of rotatable bonds is 7. The highest BCUT2D eigenvalue weighted by atomic mass is 32.2. The van der Waals surface area contributed by atoms with Gasteiger partial charge >= 0.3 is 5.97 Å². The van der Waals surface area contributed by atoms with E-state index in [0.717, 1.165) is 0 Å². The van der Waals surface area contributed by atoms with Crippen LogP contribution in [-0.4, -0.2) is 52.0 Å². The molecule has 0 aromatic carbocycles. The number of carbonyl (C=O) groups is 1. The predicted octanol–water partition coefficient (Wildman–Crippen LogP) is -0.537. The van der Waals surface area contributed by atoms with Crippen molar-refractivity contribution in [3.05, 3.63) is 11.4 Å². The van der Waals surface area contributed by atoms with Crippen LogP contribution in [0.5, 0.6) is 0 Å². The van der Waals surface area contributed by atoms with Crippen molar-refractivity contribution >= 4 is 26.8 Å². The maximum absolute atomic E-state index is 12.0. The number of H-pyrrole nitrogens is 1. The number of nitrogens with zero attached hydrogens (tertiary/aromatic N) is 1. The molecule has 0 aliphatic heterocycles. The Morgan fingerprint density at radius 2 is 2.16 bits per heavy atom. The first-order valence-electron chi connectivity index (χ1n) is 5.42. The van der Waals surface area contributed by atoms with Crippen LogP contribution in [0.2, 0.25) is 0 Å². The van der Waals surface area contributed by atoms with Crippen LogP contribution in [0.4, 0.5) is 0 Å². The molecule has 1 aromatic rings. The molecule has 0 aliphatic rings. The first-order valence-corrected chi connectivity index (χ1v) is 8.39. The number of hydrogen-bond acceptors (Lipinski definition) is 5. The second-order valence-electron chi connectivity index (χ2n) is 3.66. The quantitative estimate of drug-likeness (QED) is 0.620. The summed E-state index contributed by atoms with van der Waals surface area (Å²) in [6.45, 7) is 3.12. The second-order valence-corrected chi connectivity index (χ2v) is 7.23. The molecule has 3 N–H and O–H groups in total. The minimum absolute atomic E-state index is 0.0214. The van der Waals surface area contributed by atoms with Crippen molar-refractivity contribution in [2.24, 2.45) is 0 Å². The van der Waals surface area contributed by atoms with Crippen LogP contribution in [0, 0.1) is 6.92 Å². The zero-order chi connectivity index (χ0) is 14.6. The predicted molar refractivity (Wildman–Crippen MR) is 69.0 cm³/mol. The lowest BCUT2D eigenvalue weighted by atomic mass is 10.4. The van der Waals surface area contributed by atoms with Crippen molar-refractivity contribution in [2.45, 2.75) is 18.7 Å². The van der Waals surface area contributed by atoms with E-state index in [1.54, 1.807) is 6.92 Å². The normalized spacial score (nSPS) is 13.4. The van der Waals surface area contributed by atoms with E-state index in [-0.39, 0.29) is 22.9 Å². The summed E-state index contributed by atoms with van der Waals surface area (Å²) >= 11 is 0. The number of carboxylic acid groups (broad SMARTS) is 1. The van der Waals surface area contributed by atoms with Crippen LogP contribution in [0.1, 0.15) is 23.1 Å². The summed E-state index contributed by atoms with van der Waals surface area (Å²) in [6, 6.07) is 0. The molecule has 19 heavy (non-hydrogen) atoms. The fourth-order valence-electron chi connectivity index (χ4n) is 1.40. The highest BCUT2D eigenvalue weighted by Gasteiger charge is 2.27. The molecule has 10 heteroatoms. The third-order valence-corrected chi connectivity index (χ3v) is 5.23. The SMILES string of the molecule is CCS(=O)CCNS(=O)(=O)c1c(C(=O)O)n[nH]c1C. The van der Waals surface area contributed by atoms with Crippen molar-refractivity contribution in [2.75, 3.05) is 18.1 Å². The lowest BCUT2D eigenvalue weighted by Crippen LogP contribution is -2.29. The molecule has 1 heterocycles. The Kier molecular flexibility index (Phi) is 5.20. The van der Waals surface area contributed by atoms with E-state index < -0.39 is 32.5 Å². The van der Waals surface area contributed by atoms with E-state index >= 15 is 0 Å². The number of carboxylic acids is 1. The van der Waals surface area contributed by atoms with Crippen molar-refractivity contribution in [3.63, 3.8) is 0 Å². The van der Waals surface area contributed by atoms with Crippen LogP contribution < -0.4 is 4.72 Å². The van der Waals surface area contributed by atoms with Gasteiger partial charge in [-0.15, -0.1) is 0 Å². The van der Waals surface area contributed by atoms with Crippen molar-refractivity contribution in [1.29, 1.82) is 0 Å². The maximum Gasteiger partial charge on any atom is 0.357 e. The lowest BCUT2D eigenvalue weighted by Gasteiger charge is -2.06. The van der Waals surface area contributed by atoms with Gasteiger partial charge in [-0.05, 0) is 6.92 Å². The molecular formula is C9H15N3O5S2. The van der Waals surface area contributed by atoms with E-state index in [4.69, 9.17) is 5.11 Å². The smallest absolute Gasteiger partial charge is 0.357 e. The molecule has 0 radical (unpaired) electrons. The highest BCUT2D eigenvalue weighted by molar-refractivity contribution is 7.89. The monoisotopic (exact) mass is 309 g/mol. The summed E-state index contributed by atoms with van der Waals surface area (Å²) in [4.78, 5) is 10.5. The summed E-state index contributed by atoms with van der Waals surface area (Å²) in [5, 5.41) is 14.6. The minimum Gasteiger partial charge on any atom is -0.476 e. The molecule has 0 bridgehead atoms. The first-order chi connectivity index (χ1) is 8.79. The average Bonchev–Trinajstić information content (AvgIpc) is 2.71. The largest absolute Gasteiger partial charge is 0.476 e. The Morgan fingerprint density at radius 3 is 2.68 bits per heavy atom. The van der Waals surface area contributed by atoms with Gasteiger partial charge in [0.1, 0.15) is 4.90 Å². The summed E-state index contributed by atoms with van der Waals surface area (Å²) < 4.78 is 37.4. The maximum atomic E-state index is 12.0. The topological polar surface area (TPSA) is 129 Å². The van der Waals surface area contributed by atoms with Crippen LogP contribution in [0.15, 0.2) is 4.90 Å². The number of sulfonamides is 1. The lowest BCUT2D eigenvalue weighted by molar-refractivity contribution is 0.0686. The molecule has 108 valence electrons. The Labute approximate surface area is 113 Å². The Morgan fingerprint density at radius 1 is 1.53 bits per heavy atom. The molecule has 0 fully saturated rings. The molecule has 1 rings (SSSR count). The standard InChI is InChI=1S/C9H15N3O5S2/c1-3-18(15)5-4-10-19(16,17)8-6(2)11-12-7(8)9(13)14/h10H,3-5H2,1-2H3,(H,11,12)(H,13,14). The minimum atomic E-state index is -3.99. The van der Waals surface area contributed by atoms with Crippen molar-refractivity contribution in [3.8, 4) is 0 Å². The summed E-state index contributed by atoms with van der Waals surface area (Å²) in [5.74, 6) is -0.816. The van der Waals surface area contributed by atoms with Gasteiger partial charge in [-0.3, -0.25) is 9.31 Å². The number of hydrogen-bond donors (Lipinski definition) is 3. The van der Waals surface area contributed by atoms with Gasteiger partial charge in [-0.2, -0.15) is 5.10 Å². The number of aromatic carboxylic acids is 1. The Hall–Kier alpha value is -1.26. The molecule has 0 aliphatic carbocycles. The Bertz CT molecular complexity index is 593. The zero-order valence-electron chi connectivity index (χ0n) is 10.5. The number of aryl methyl sites for hydroxylation is 1. The fraction of sp³-hybridized carbons (Fsp3) is 0.556. The van der Waals surface area contributed by atoms with Crippen LogP contribution in [0.25, 0.3) is 0 Å². The van der Waals surface area contributed by atoms with E-state index in [1.165, 1.54) is 6.92 Å². The van der Waals surface area contributed by atoms with Gasteiger partial charge in [0.05, 0.1) is 5.69 Å². The number of aromatic amines is 1.